The molecule has 1 N–H and O–H groups in total. The first kappa shape index (κ1) is 13.0. The van der Waals surface area contributed by atoms with Crippen LogP contribution in [0.15, 0.2) is 18.5 Å². The van der Waals surface area contributed by atoms with E-state index in [4.69, 9.17) is 5.26 Å². The lowest BCUT2D eigenvalue weighted by Crippen LogP contribution is -2.34. The van der Waals surface area contributed by atoms with E-state index in [1.807, 2.05) is 18.9 Å². The molecule has 1 heterocycles. The van der Waals surface area contributed by atoms with Crippen LogP contribution in [0.1, 0.15) is 12.5 Å². The highest BCUT2D eigenvalue weighted by molar-refractivity contribution is 5.78. The van der Waals surface area contributed by atoms with E-state index in [1.165, 1.54) is 0 Å². The Kier molecular flexibility index (Phi) is 4.46. The fraction of sp³-hybridized carbons (Fsp3) is 0.417. The summed E-state index contributed by atoms with van der Waals surface area (Å²) in [7, 11) is 3.46. The fourth-order valence-electron chi connectivity index (χ4n) is 1.62. The van der Waals surface area contributed by atoms with E-state index < -0.39 is 0 Å². The number of hydrogen-bond donors (Lipinski definition) is 1. The summed E-state index contributed by atoms with van der Waals surface area (Å²) in [6.07, 6.45) is 3.22. The van der Waals surface area contributed by atoms with Crippen LogP contribution in [0.3, 0.4) is 0 Å². The van der Waals surface area contributed by atoms with Gasteiger partial charge in [-0.25, -0.2) is 0 Å². The Hall–Kier alpha value is -2.09. The number of pyridine rings is 1. The van der Waals surface area contributed by atoms with E-state index in [1.54, 1.807) is 25.5 Å². The largest absolute Gasteiger partial charge is 0.371 e. The predicted molar refractivity (Wildman–Crippen MR) is 65.5 cm³/mol. The number of carbonyl (C=O) groups is 1. The second-order valence-electron chi connectivity index (χ2n) is 3.90. The summed E-state index contributed by atoms with van der Waals surface area (Å²) in [6.45, 7) is 2.39. The highest BCUT2D eigenvalue weighted by Crippen LogP contribution is 2.17. The molecule has 0 aliphatic heterocycles. The zero-order chi connectivity index (χ0) is 12.8. The van der Waals surface area contributed by atoms with Crippen molar-refractivity contribution < 1.29 is 4.79 Å². The van der Waals surface area contributed by atoms with Gasteiger partial charge in [0, 0.05) is 26.8 Å². The number of nitriles is 1. The van der Waals surface area contributed by atoms with Crippen LogP contribution in [-0.4, -0.2) is 31.5 Å². The molecule has 90 valence electrons. The van der Waals surface area contributed by atoms with Gasteiger partial charge in [-0.1, -0.05) is 6.92 Å². The molecule has 0 aliphatic carbocycles. The second kappa shape index (κ2) is 5.85. The van der Waals surface area contributed by atoms with Crippen molar-refractivity contribution in [2.24, 2.45) is 5.92 Å². The lowest BCUT2D eigenvalue weighted by atomic mass is 10.1. The molecule has 17 heavy (non-hydrogen) atoms. The first-order valence-corrected chi connectivity index (χ1v) is 5.37. The van der Waals surface area contributed by atoms with Crippen molar-refractivity contribution in [3.05, 3.63) is 24.0 Å². The molecule has 0 saturated carbocycles. The Morgan fingerprint density at radius 3 is 3.00 bits per heavy atom. The maximum absolute atomic E-state index is 11.4. The quantitative estimate of drug-likeness (QED) is 0.832. The number of aromatic nitrogens is 1. The van der Waals surface area contributed by atoms with E-state index in [9.17, 15) is 4.79 Å². The van der Waals surface area contributed by atoms with E-state index in [0.717, 1.165) is 5.69 Å². The highest BCUT2D eigenvalue weighted by Gasteiger charge is 2.15. The van der Waals surface area contributed by atoms with Gasteiger partial charge in [-0.15, -0.1) is 0 Å². The normalized spacial score (nSPS) is 11.4. The standard InChI is InChI=1S/C12H16N4O/c1-9(12(17)14-2)8-16(3)11-7-15-5-4-10(11)6-13/h4-5,7,9H,8H2,1-3H3,(H,14,17). The van der Waals surface area contributed by atoms with E-state index in [-0.39, 0.29) is 11.8 Å². The average Bonchev–Trinajstić information content (AvgIpc) is 2.37. The molecule has 1 atom stereocenters. The molecule has 0 bridgehead atoms. The molecule has 0 saturated heterocycles. The first-order chi connectivity index (χ1) is 8.10. The van der Waals surface area contributed by atoms with Gasteiger partial charge in [0.15, 0.2) is 0 Å². The van der Waals surface area contributed by atoms with E-state index >= 15 is 0 Å². The van der Waals surface area contributed by atoms with Crippen molar-refractivity contribution in [3.63, 3.8) is 0 Å². The maximum Gasteiger partial charge on any atom is 0.224 e. The van der Waals surface area contributed by atoms with Crippen LogP contribution in [0, 0.1) is 17.2 Å². The average molecular weight is 232 g/mol. The number of rotatable bonds is 4. The van der Waals surface area contributed by atoms with Gasteiger partial charge in [0.05, 0.1) is 23.4 Å². The minimum atomic E-state index is -0.142. The number of carbonyl (C=O) groups excluding carboxylic acids is 1. The molecule has 0 spiro atoms. The summed E-state index contributed by atoms with van der Waals surface area (Å²) in [5.74, 6) is -0.156. The molecule has 1 aromatic heterocycles. The molecule has 1 rings (SSSR count). The summed E-state index contributed by atoms with van der Waals surface area (Å²) in [6, 6.07) is 3.77. The minimum absolute atomic E-state index is 0.0146. The molecule has 0 radical (unpaired) electrons. The third-order valence-corrected chi connectivity index (χ3v) is 2.57. The van der Waals surface area contributed by atoms with Crippen LogP contribution in [0.4, 0.5) is 5.69 Å². The molecule has 1 aromatic rings. The third-order valence-electron chi connectivity index (χ3n) is 2.57. The van der Waals surface area contributed by atoms with Gasteiger partial charge < -0.3 is 10.2 Å². The third kappa shape index (κ3) is 3.18. The van der Waals surface area contributed by atoms with Gasteiger partial charge in [-0.2, -0.15) is 5.26 Å². The van der Waals surface area contributed by atoms with Crippen LogP contribution in [0.2, 0.25) is 0 Å². The lowest BCUT2D eigenvalue weighted by Gasteiger charge is -2.23. The van der Waals surface area contributed by atoms with Crippen LogP contribution in [-0.2, 0) is 4.79 Å². The van der Waals surface area contributed by atoms with Crippen LogP contribution < -0.4 is 10.2 Å². The molecule has 0 aromatic carbocycles. The Balaban J connectivity index is 2.80. The monoisotopic (exact) mass is 232 g/mol. The predicted octanol–water partition coefficient (Wildman–Crippen LogP) is 0.772. The number of amides is 1. The first-order valence-electron chi connectivity index (χ1n) is 5.37. The number of hydrogen-bond acceptors (Lipinski definition) is 4. The summed E-state index contributed by atoms with van der Waals surface area (Å²) < 4.78 is 0. The summed E-state index contributed by atoms with van der Waals surface area (Å²) in [4.78, 5) is 17.3. The Morgan fingerprint density at radius 2 is 2.41 bits per heavy atom. The molecule has 0 aliphatic rings. The minimum Gasteiger partial charge on any atom is -0.371 e. The smallest absolute Gasteiger partial charge is 0.224 e. The van der Waals surface area contributed by atoms with Crippen molar-refractivity contribution in [3.8, 4) is 6.07 Å². The van der Waals surface area contributed by atoms with Gasteiger partial charge in [0.2, 0.25) is 5.91 Å². The molecule has 1 amide bonds. The van der Waals surface area contributed by atoms with Crippen LogP contribution >= 0.6 is 0 Å². The number of nitrogens with zero attached hydrogens (tertiary/aromatic N) is 3. The second-order valence-corrected chi connectivity index (χ2v) is 3.90. The highest BCUT2D eigenvalue weighted by atomic mass is 16.1. The zero-order valence-electron chi connectivity index (χ0n) is 10.3. The van der Waals surface area contributed by atoms with Gasteiger partial charge in [0.25, 0.3) is 0 Å². The summed E-state index contributed by atoms with van der Waals surface area (Å²) >= 11 is 0. The summed E-state index contributed by atoms with van der Waals surface area (Å²) in [5, 5.41) is 11.6. The molecule has 5 nitrogen and oxygen atoms in total. The molecular weight excluding hydrogens is 216 g/mol. The zero-order valence-corrected chi connectivity index (χ0v) is 10.3. The Labute approximate surface area is 101 Å². The van der Waals surface area contributed by atoms with Crippen molar-refractivity contribution in [1.82, 2.24) is 10.3 Å². The fourth-order valence-corrected chi connectivity index (χ4v) is 1.62. The van der Waals surface area contributed by atoms with Crippen molar-refractivity contribution in [2.45, 2.75) is 6.92 Å². The number of nitrogens with one attached hydrogen (secondary N) is 1. The van der Waals surface area contributed by atoms with Crippen LogP contribution in [0.25, 0.3) is 0 Å². The van der Waals surface area contributed by atoms with Gasteiger partial charge in [-0.3, -0.25) is 9.78 Å². The Morgan fingerprint density at radius 1 is 1.71 bits per heavy atom. The van der Waals surface area contributed by atoms with Crippen molar-refractivity contribution in [2.75, 3.05) is 25.5 Å². The molecule has 1 unspecified atom stereocenters. The lowest BCUT2D eigenvalue weighted by molar-refractivity contribution is -0.123. The molecular formula is C12H16N4O. The van der Waals surface area contributed by atoms with Gasteiger partial charge in [-0.05, 0) is 6.07 Å². The van der Waals surface area contributed by atoms with Crippen LogP contribution in [0.5, 0.6) is 0 Å². The van der Waals surface area contributed by atoms with Gasteiger partial charge in [0.1, 0.15) is 6.07 Å². The summed E-state index contributed by atoms with van der Waals surface area (Å²) in [5.41, 5.74) is 1.30. The topological polar surface area (TPSA) is 69.0 Å². The molecule has 0 fully saturated rings. The van der Waals surface area contributed by atoms with E-state index in [2.05, 4.69) is 16.4 Å². The van der Waals surface area contributed by atoms with Gasteiger partial charge >= 0.3 is 0 Å². The Bertz CT molecular complexity index is 438. The van der Waals surface area contributed by atoms with E-state index in [0.29, 0.717) is 12.1 Å². The SMILES string of the molecule is CNC(=O)C(C)CN(C)c1cnccc1C#N. The van der Waals surface area contributed by atoms with Crippen molar-refractivity contribution in [1.29, 1.82) is 5.26 Å². The maximum atomic E-state index is 11.4. The van der Waals surface area contributed by atoms with Crippen molar-refractivity contribution >= 4 is 11.6 Å². The number of anilines is 1. The molecule has 5 heteroatoms.